The van der Waals surface area contributed by atoms with Crippen molar-refractivity contribution in [1.82, 2.24) is 25.6 Å². The van der Waals surface area contributed by atoms with Gasteiger partial charge in [-0.15, -0.1) is 0 Å². The van der Waals surface area contributed by atoms with E-state index in [4.69, 9.17) is 0 Å². The van der Waals surface area contributed by atoms with Crippen LogP contribution in [0.15, 0.2) is 18.5 Å². The standard InChI is InChI=1S/C14H20N6O3S/c1-2-24(22,23)13(10-4-3-6-15-10)20-14(21)19-11-8-17-12-9(18-11)5-7-16-12/h5,7-8,10,13,15H,2-4,6H2,1H3,(H,16,17)(H2,18,19,20,21). The van der Waals surface area contributed by atoms with E-state index >= 15 is 0 Å². The highest BCUT2D eigenvalue weighted by Gasteiger charge is 2.35. The normalized spacial score (nSPS) is 19.3. The molecule has 1 fully saturated rings. The van der Waals surface area contributed by atoms with Crippen LogP contribution in [0, 0.1) is 0 Å². The van der Waals surface area contributed by atoms with Crippen molar-refractivity contribution < 1.29 is 13.2 Å². The first-order valence-corrected chi connectivity index (χ1v) is 9.54. The quantitative estimate of drug-likeness (QED) is 0.623. The smallest absolute Gasteiger partial charge is 0.321 e. The zero-order valence-electron chi connectivity index (χ0n) is 13.2. The summed E-state index contributed by atoms with van der Waals surface area (Å²) in [5.74, 6) is 0.220. The highest BCUT2D eigenvalue weighted by atomic mass is 32.2. The van der Waals surface area contributed by atoms with Gasteiger partial charge < -0.3 is 15.6 Å². The lowest BCUT2D eigenvalue weighted by atomic mass is 10.2. The van der Waals surface area contributed by atoms with E-state index in [0.717, 1.165) is 13.0 Å². The van der Waals surface area contributed by atoms with Crippen LogP contribution in [0.1, 0.15) is 19.8 Å². The third-order valence-corrected chi connectivity index (χ3v) is 6.05. The fourth-order valence-corrected chi connectivity index (χ4v) is 4.14. The molecule has 0 saturated carbocycles. The molecule has 9 nitrogen and oxygen atoms in total. The van der Waals surface area contributed by atoms with Gasteiger partial charge in [-0.25, -0.2) is 23.2 Å². The molecule has 1 aliphatic rings. The first-order valence-electron chi connectivity index (χ1n) is 7.82. The highest BCUT2D eigenvalue weighted by Crippen LogP contribution is 2.15. The summed E-state index contributed by atoms with van der Waals surface area (Å²) in [7, 11) is -3.43. The zero-order valence-corrected chi connectivity index (χ0v) is 14.1. The minimum absolute atomic E-state index is 0.0365. The Kier molecular flexibility index (Phi) is 4.67. The van der Waals surface area contributed by atoms with Crippen LogP contribution >= 0.6 is 0 Å². The van der Waals surface area contributed by atoms with Gasteiger partial charge in [0.2, 0.25) is 0 Å². The maximum atomic E-state index is 12.3. The van der Waals surface area contributed by atoms with Crippen LogP contribution in [0.25, 0.3) is 11.2 Å². The Bertz CT molecular complexity index is 828. The SMILES string of the molecule is CCS(=O)(=O)C(NC(=O)Nc1cnc2[nH]ccc2n1)C1CCCN1. The number of aromatic nitrogens is 3. The largest absolute Gasteiger partial charge is 0.345 e. The number of carbonyl (C=O) groups excluding carboxylic acids is 1. The number of urea groups is 1. The molecule has 2 unspecified atom stereocenters. The molecule has 0 bridgehead atoms. The van der Waals surface area contributed by atoms with Crippen LogP contribution in [0.2, 0.25) is 0 Å². The average molecular weight is 352 g/mol. The van der Waals surface area contributed by atoms with Crippen LogP contribution in [-0.2, 0) is 9.84 Å². The van der Waals surface area contributed by atoms with E-state index in [1.165, 1.54) is 6.20 Å². The summed E-state index contributed by atoms with van der Waals surface area (Å²) in [6.07, 6.45) is 4.71. The topological polar surface area (TPSA) is 129 Å². The molecule has 3 rings (SSSR count). The molecule has 2 amide bonds. The summed E-state index contributed by atoms with van der Waals surface area (Å²) in [6.45, 7) is 2.32. The Morgan fingerprint density at radius 3 is 3.04 bits per heavy atom. The lowest BCUT2D eigenvalue weighted by Crippen LogP contribution is -2.53. The number of sulfone groups is 1. The van der Waals surface area contributed by atoms with E-state index in [2.05, 4.69) is 30.9 Å². The molecule has 4 N–H and O–H groups in total. The Morgan fingerprint density at radius 2 is 2.33 bits per heavy atom. The number of nitrogens with one attached hydrogen (secondary N) is 4. The lowest BCUT2D eigenvalue weighted by Gasteiger charge is -2.24. The first-order chi connectivity index (χ1) is 11.5. The second-order valence-electron chi connectivity index (χ2n) is 5.64. The summed E-state index contributed by atoms with van der Waals surface area (Å²) >= 11 is 0. The van der Waals surface area contributed by atoms with Crippen molar-refractivity contribution in [3.05, 3.63) is 18.5 Å². The van der Waals surface area contributed by atoms with Crippen molar-refractivity contribution in [3.8, 4) is 0 Å². The average Bonchev–Trinajstić information content (AvgIpc) is 3.23. The van der Waals surface area contributed by atoms with Crippen LogP contribution in [0.5, 0.6) is 0 Å². The van der Waals surface area contributed by atoms with Gasteiger partial charge in [0.1, 0.15) is 10.9 Å². The van der Waals surface area contributed by atoms with Gasteiger partial charge in [-0.2, -0.15) is 0 Å². The predicted octanol–water partition coefficient (Wildman–Crippen LogP) is 0.592. The van der Waals surface area contributed by atoms with Crippen molar-refractivity contribution in [2.24, 2.45) is 0 Å². The van der Waals surface area contributed by atoms with Crippen molar-refractivity contribution in [2.45, 2.75) is 31.2 Å². The van der Waals surface area contributed by atoms with Crippen molar-refractivity contribution in [1.29, 1.82) is 0 Å². The number of hydrogen-bond donors (Lipinski definition) is 4. The van der Waals surface area contributed by atoms with Crippen LogP contribution in [-0.4, -0.2) is 53.1 Å². The van der Waals surface area contributed by atoms with E-state index in [9.17, 15) is 13.2 Å². The summed E-state index contributed by atoms with van der Waals surface area (Å²) in [4.78, 5) is 23.5. The Hall–Kier alpha value is -2.20. The van der Waals surface area contributed by atoms with E-state index < -0.39 is 21.2 Å². The summed E-state index contributed by atoms with van der Waals surface area (Å²) in [6, 6.07) is 0.840. The van der Waals surface area contributed by atoms with E-state index in [1.807, 2.05) is 0 Å². The zero-order chi connectivity index (χ0) is 17.2. The van der Waals surface area contributed by atoms with Crippen molar-refractivity contribution in [3.63, 3.8) is 0 Å². The number of fused-ring (bicyclic) bond motifs is 1. The second-order valence-corrected chi connectivity index (χ2v) is 8.05. The number of aromatic amines is 1. The van der Waals surface area contributed by atoms with Crippen molar-refractivity contribution in [2.75, 3.05) is 17.6 Å². The fraction of sp³-hybridized carbons (Fsp3) is 0.500. The van der Waals surface area contributed by atoms with Gasteiger partial charge in [0.15, 0.2) is 21.3 Å². The summed E-state index contributed by atoms with van der Waals surface area (Å²) in [5, 5.41) is 7.28. The summed E-state index contributed by atoms with van der Waals surface area (Å²) < 4.78 is 24.6. The van der Waals surface area contributed by atoms with Crippen LogP contribution in [0.4, 0.5) is 10.6 Å². The van der Waals surface area contributed by atoms with Gasteiger partial charge in [0.25, 0.3) is 0 Å². The fourth-order valence-electron chi connectivity index (χ4n) is 2.76. The lowest BCUT2D eigenvalue weighted by molar-refractivity contribution is 0.249. The van der Waals surface area contributed by atoms with Gasteiger partial charge >= 0.3 is 6.03 Å². The first kappa shape index (κ1) is 16.7. The molecule has 0 aliphatic carbocycles. The highest BCUT2D eigenvalue weighted by molar-refractivity contribution is 7.92. The maximum Gasteiger partial charge on any atom is 0.321 e. The minimum atomic E-state index is -3.43. The molecule has 0 spiro atoms. The van der Waals surface area contributed by atoms with Gasteiger partial charge in [-0.3, -0.25) is 5.32 Å². The predicted molar refractivity (Wildman–Crippen MR) is 90.3 cm³/mol. The molecular formula is C14H20N6O3S. The van der Waals surface area contributed by atoms with E-state index in [1.54, 1.807) is 19.2 Å². The number of anilines is 1. The molecular weight excluding hydrogens is 332 g/mol. The molecule has 1 saturated heterocycles. The number of H-pyrrole nitrogens is 1. The van der Waals surface area contributed by atoms with E-state index in [0.29, 0.717) is 17.6 Å². The van der Waals surface area contributed by atoms with Crippen LogP contribution < -0.4 is 16.0 Å². The minimum Gasteiger partial charge on any atom is -0.345 e. The molecule has 10 heteroatoms. The monoisotopic (exact) mass is 352 g/mol. The number of nitrogens with zero attached hydrogens (tertiary/aromatic N) is 2. The molecule has 1 aliphatic heterocycles. The van der Waals surface area contributed by atoms with Gasteiger partial charge in [0.05, 0.1) is 6.20 Å². The van der Waals surface area contributed by atoms with Gasteiger partial charge in [0, 0.05) is 18.0 Å². The number of carbonyl (C=O) groups is 1. The Balaban J connectivity index is 1.72. The number of hydrogen-bond acceptors (Lipinski definition) is 6. The van der Waals surface area contributed by atoms with Gasteiger partial charge in [-0.1, -0.05) is 6.92 Å². The third-order valence-electron chi connectivity index (χ3n) is 4.03. The molecule has 0 aromatic carbocycles. The van der Waals surface area contributed by atoms with Crippen molar-refractivity contribution >= 4 is 32.9 Å². The second kappa shape index (κ2) is 6.73. The Labute approximate surface area is 139 Å². The molecule has 2 aromatic rings. The van der Waals surface area contributed by atoms with E-state index in [-0.39, 0.29) is 17.6 Å². The molecule has 0 radical (unpaired) electrons. The summed E-state index contributed by atoms with van der Waals surface area (Å²) in [5.41, 5.74) is 1.23. The molecule has 24 heavy (non-hydrogen) atoms. The Morgan fingerprint density at radius 1 is 1.50 bits per heavy atom. The van der Waals surface area contributed by atoms with Crippen LogP contribution in [0.3, 0.4) is 0 Å². The molecule has 130 valence electrons. The molecule has 2 atom stereocenters. The molecule has 3 heterocycles. The van der Waals surface area contributed by atoms with Gasteiger partial charge in [-0.05, 0) is 25.5 Å². The maximum absolute atomic E-state index is 12.3. The number of amides is 2. The molecule has 2 aromatic heterocycles. The third kappa shape index (κ3) is 3.49. The number of rotatable bonds is 5.